The highest BCUT2D eigenvalue weighted by Crippen LogP contribution is 2.24. The second-order valence-corrected chi connectivity index (χ2v) is 5.20. The van der Waals surface area contributed by atoms with Crippen LogP contribution in [0.15, 0.2) is 36.4 Å². The van der Waals surface area contributed by atoms with Gasteiger partial charge in [0.1, 0.15) is 5.69 Å². The third kappa shape index (κ3) is 2.58. The quantitative estimate of drug-likeness (QED) is 0.877. The van der Waals surface area contributed by atoms with E-state index in [1.807, 2.05) is 30.3 Å². The lowest BCUT2D eigenvalue weighted by atomic mass is 9.81. The van der Waals surface area contributed by atoms with Crippen molar-refractivity contribution in [1.82, 2.24) is 10.3 Å². The summed E-state index contributed by atoms with van der Waals surface area (Å²) in [5.41, 5.74) is 7.05. The van der Waals surface area contributed by atoms with E-state index in [-0.39, 0.29) is 5.91 Å². The lowest BCUT2D eigenvalue weighted by molar-refractivity contribution is 0.0931. The summed E-state index contributed by atoms with van der Waals surface area (Å²) >= 11 is 0. The molecule has 1 saturated carbocycles. The lowest BCUT2D eigenvalue weighted by Crippen LogP contribution is -2.42. The van der Waals surface area contributed by atoms with E-state index >= 15 is 0 Å². The molecule has 2 aromatic rings. The number of para-hydroxylation sites is 1. The van der Waals surface area contributed by atoms with Gasteiger partial charge in [-0.25, -0.2) is 4.98 Å². The predicted octanol–water partition coefficient (Wildman–Crippen LogP) is 1.70. The molecule has 1 aliphatic rings. The fourth-order valence-electron chi connectivity index (χ4n) is 2.47. The van der Waals surface area contributed by atoms with E-state index in [1.54, 1.807) is 6.07 Å². The molecule has 1 aromatic heterocycles. The third-order valence-electron chi connectivity index (χ3n) is 3.65. The second kappa shape index (κ2) is 4.97. The van der Waals surface area contributed by atoms with E-state index in [4.69, 9.17) is 5.73 Å². The Labute approximate surface area is 112 Å². The number of rotatable bonds is 3. The standard InChI is InChI=1S/C15H17N3O/c16-12-7-10(8-12)9-17-15(19)14-6-5-11-3-1-2-4-13(11)18-14/h1-6,10,12H,7-9,16H2,(H,17,19). The molecule has 1 fully saturated rings. The number of amides is 1. The molecule has 4 heteroatoms. The molecule has 0 aliphatic heterocycles. The fraction of sp³-hybridized carbons (Fsp3) is 0.333. The van der Waals surface area contributed by atoms with E-state index in [2.05, 4.69) is 10.3 Å². The molecule has 1 heterocycles. The van der Waals surface area contributed by atoms with Crippen molar-refractivity contribution in [1.29, 1.82) is 0 Å². The van der Waals surface area contributed by atoms with Gasteiger partial charge in [0.25, 0.3) is 5.91 Å². The zero-order valence-electron chi connectivity index (χ0n) is 10.7. The van der Waals surface area contributed by atoms with Crippen LogP contribution in [0.3, 0.4) is 0 Å². The Morgan fingerprint density at radius 2 is 2.05 bits per heavy atom. The molecule has 1 amide bonds. The Bertz CT molecular complexity index is 605. The fourth-order valence-corrected chi connectivity index (χ4v) is 2.47. The van der Waals surface area contributed by atoms with Crippen LogP contribution in [0.4, 0.5) is 0 Å². The molecule has 1 aromatic carbocycles. The SMILES string of the molecule is NC1CC(CNC(=O)c2ccc3ccccc3n2)C1. The largest absolute Gasteiger partial charge is 0.350 e. The Kier molecular flexibility index (Phi) is 3.17. The number of aromatic nitrogens is 1. The minimum Gasteiger partial charge on any atom is -0.350 e. The Hall–Kier alpha value is -1.94. The van der Waals surface area contributed by atoms with Gasteiger partial charge in [-0.15, -0.1) is 0 Å². The summed E-state index contributed by atoms with van der Waals surface area (Å²) in [4.78, 5) is 16.4. The van der Waals surface area contributed by atoms with Crippen LogP contribution in [-0.4, -0.2) is 23.5 Å². The summed E-state index contributed by atoms with van der Waals surface area (Å²) in [5, 5.41) is 3.97. The smallest absolute Gasteiger partial charge is 0.269 e. The van der Waals surface area contributed by atoms with Crippen molar-refractivity contribution in [3.63, 3.8) is 0 Å². The topological polar surface area (TPSA) is 68.0 Å². The van der Waals surface area contributed by atoms with Crippen molar-refractivity contribution < 1.29 is 4.79 Å². The number of hydrogen-bond acceptors (Lipinski definition) is 3. The first-order valence-corrected chi connectivity index (χ1v) is 6.62. The number of hydrogen-bond donors (Lipinski definition) is 2. The van der Waals surface area contributed by atoms with Gasteiger partial charge < -0.3 is 11.1 Å². The first-order chi connectivity index (χ1) is 9.22. The van der Waals surface area contributed by atoms with E-state index in [0.29, 0.717) is 24.2 Å². The van der Waals surface area contributed by atoms with E-state index in [0.717, 1.165) is 23.7 Å². The van der Waals surface area contributed by atoms with Gasteiger partial charge in [-0.1, -0.05) is 24.3 Å². The van der Waals surface area contributed by atoms with Crippen LogP contribution in [0, 0.1) is 5.92 Å². The minimum absolute atomic E-state index is 0.105. The van der Waals surface area contributed by atoms with Gasteiger partial charge in [-0.3, -0.25) is 4.79 Å². The van der Waals surface area contributed by atoms with Crippen molar-refractivity contribution in [2.24, 2.45) is 11.7 Å². The van der Waals surface area contributed by atoms with Crippen LogP contribution >= 0.6 is 0 Å². The molecule has 3 N–H and O–H groups in total. The average molecular weight is 255 g/mol. The second-order valence-electron chi connectivity index (χ2n) is 5.20. The predicted molar refractivity (Wildman–Crippen MR) is 74.8 cm³/mol. The van der Waals surface area contributed by atoms with Gasteiger partial charge in [-0.2, -0.15) is 0 Å². The van der Waals surface area contributed by atoms with Crippen LogP contribution in [-0.2, 0) is 0 Å². The molecule has 0 atom stereocenters. The zero-order chi connectivity index (χ0) is 13.2. The van der Waals surface area contributed by atoms with Crippen LogP contribution in [0.2, 0.25) is 0 Å². The molecule has 0 bridgehead atoms. The number of fused-ring (bicyclic) bond motifs is 1. The third-order valence-corrected chi connectivity index (χ3v) is 3.65. The van der Waals surface area contributed by atoms with Gasteiger partial charge in [0.2, 0.25) is 0 Å². The van der Waals surface area contributed by atoms with Crippen molar-refractivity contribution in [2.75, 3.05) is 6.54 Å². The monoisotopic (exact) mass is 255 g/mol. The molecule has 0 spiro atoms. The van der Waals surface area contributed by atoms with E-state index in [1.165, 1.54) is 0 Å². The molecule has 3 rings (SSSR count). The highest BCUT2D eigenvalue weighted by molar-refractivity contribution is 5.94. The Morgan fingerprint density at radius 3 is 2.84 bits per heavy atom. The Balaban J connectivity index is 1.67. The maximum absolute atomic E-state index is 12.0. The van der Waals surface area contributed by atoms with Crippen molar-refractivity contribution >= 4 is 16.8 Å². The van der Waals surface area contributed by atoms with Crippen molar-refractivity contribution in [3.8, 4) is 0 Å². The molecule has 0 saturated heterocycles. The lowest BCUT2D eigenvalue weighted by Gasteiger charge is -2.32. The van der Waals surface area contributed by atoms with Gasteiger partial charge >= 0.3 is 0 Å². The van der Waals surface area contributed by atoms with Gasteiger partial charge in [0.05, 0.1) is 5.52 Å². The van der Waals surface area contributed by atoms with Crippen molar-refractivity contribution in [3.05, 3.63) is 42.1 Å². The summed E-state index contributed by atoms with van der Waals surface area (Å²) in [5.74, 6) is 0.422. The molecule has 1 aliphatic carbocycles. The summed E-state index contributed by atoms with van der Waals surface area (Å²) in [7, 11) is 0. The first kappa shape index (κ1) is 12.1. The molecule has 98 valence electrons. The van der Waals surface area contributed by atoms with E-state index in [9.17, 15) is 4.79 Å². The van der Waals surface area contributed by atoms with Gasteiger partial charge in [0, 0.05) is 18.0 Å². The van der Waals surface area contributed by atoms with Crippen LogP contribution < -0.4 is 11.1 Å². The zero-order valence-corrected chi connectivity index (χ0v) is 10.7. The normalized spacial score (nSPS) is 21.9. The van der Waals surface area contributed by atoms with Crippen molar-refractivity contribution in [2.45, 2.75) is 18.9 Å². The first-order valence-electron chi connectivity index (χ1n) is 6.62. The maximum Gasteiger partial charge on any atom is 0.269 e. The number of pyridine rings is 1. The molecule has 0 unspecified atom stereocenters. The van der Waals surface area contributed by atoms with E-state index < -0.39 is 0 Å². The average Bonchev–Trinajstić information content (AvgIpc) is 2.41. The highest BCUT2D eigenvalue weighted by Gasteiger charge is 2.26. The summed E-state index contributed by atoms with van der Waals surface area (Å²) in [6.07, 6.45) is 2.01. The number of nitrogens with one attached hydrogen (secondary N) is 1. The Morgan fingerprint density at radius 1 is 1.26 bits per heavy atom. The maximum atomic E-state index is 12.0. The number of carbonyl (C=O) groups excluding carboxylic acids is 1. The number of benzene rings is 1. The molecule has 4 nitrogen and oxygen atoms in total. The minimum atomic E-state index is -0.105. The van der Waals surface area contributed by atoms with Crippen LogP contribution in [0.1, 0.15) is 23.3 Å². The van der Waals surface area contributed by atoms with Crippen LogP contribution in [0.5, 0.6) is 0 Å². The summed E-state index contributed by atoms with van der Waals surface area (Å²) in [6.45, 7) is 0.695. The van der Waals surface area contributed by atoms with Crippen LogP contribution in [0.25, 0.3) is 10.9 Å². The summed E-state index contributed by atoms with van der Waals surface area (Å²) in [6, 6.07) is 11.8. The number of carbonyl (C=O) groups is 1. The number of nitrogens with zero attached hydrogens (tertiary/aromatic N) is 1. The molecular formula is C15H17N3O. The highest BCUT2D eigenvalue weighted by atomic mass is 16.1. The number of nitrogens with two attached hydrogens (primary N) is 1. The van der Waals surface area contributed by atoms with Gasteiger partial charge in [-0.05, 0) is 30.9 Å². The molecular weight excluding hydrogens is 238 g/mol. The van der Waals surface area contributed by atoms with Gasteiger partial charge in [0.15, 0.2) is 0 Å². The summed E-state index contributed by atoms with van der Waals surface area (Å²) < 4.78 is 0. The molecule has 0 radical (unpaired) electrons. The molecule has 19 heavy (non-hydrogen) atoms.